The van der Waals surface area contributed by atoms with Crippen molar-refractivity contribution in [1.29, 1.82) is 0 Å². The van der Waals surface area contributed by atoms with Crippen LogP contribution in [-0.4, -0.2) is 58.0 Å². The minimum atomic E-state index is -4.02. The zero-order valence-corrected chi connectivity index (χ0v) is 37.2. The number of rotatable bonds is 20. The van der Waals surface area contributed by atoms with Gasteiger partial charge in [0, 0.05) is 35.1 Å². The topological polar surface area (TPSA) is 198 Å². The van der Waals surface area contributed by atoms with Crippen molar-refractivity contribution in [2.45, 2.75) is 36.5 Å². The van der Waals surface area contributed by atoms with Gasteiger partial charge in [-0.1, -0.05) is 61.7 Å². The molecule has 14 nitrogen and oxygen atoms in total. The molecule has 0 aliphatic rings. The van der Waals surface area contributed by atoms with E-state index in [1.165, 1.54) is 74.5 Å². The van der Waals surface area contributed by atoms with E-state index in [0.29, 0.717) is 23.7 Å². The van der Waals surface area contributed by atoms with Crippen molar-refractivity contribution in [3.05, 3.63) is 191 Å². The summed E-state index contributed by atoms with van der Waals surface area (Å²) in [5.41, 5.74) is 2.56. The fourth-order valence-electron chi connectivity index (χ4n) is 6.55. The van der Waals surface area contributed by atoms with E-state index in [2.05, 4.69) is 23.8 Å². The Hall–Kier alpha value is -8.43. The maximum atomic E-state index is 13.7. The van der Waals surface area contributed by atoms with Crippen LogP contribution in [0.5, 0.6) is 23.0 Å². The summed E-state index contributed by atoms with van der Waals surface area (Å²) in [6, 6.07) is 34.2. The first-order valence-corrected chi connectivity index (χ1v) is 22.1. The molecular formula is C52H44N2O12S. The average molecular weight is 921 g/mol. The van der Waals surface area contributed by atoms with Gasteiger partial charge in [0.25, 0.3) is 11.8 Å². The molecule has 0 bridgehead atoms. The quantitative estimate of drug-likeness (QED) is 0.0418. The van der Waals surface area contributed by atoms with Gasteiger partial charge in [0.1, 0.15) is 11.5 Å². The summed E-state index contributed by atoms with van der Waals surface area (Å²) in [5, 5.41) is 5.56. The number of esters is 2. The average Bonchev–Trinajstić information content (AvgIpc) is 3.32. The molecule has 0 aliphatic carbocycles. The number of carbonyl (C=O) groups excluding carboxylic acids is 6. The highest BCUT2D eigenvalue weighted by atomic mass is 32.2. The third-order valence-corrected chi connectivity index (χ3v) is 11.8. The lowest BCUT2D eigenvalue weighted by molar-refractivity contribution is -0.139. The van der Waals surface area contributed by atoms with Crippen molar-refractivity contribution in [3.8, 4) is 23.0 Å². The molecule has 0 aromatic heterocycles. The summed E-state index contributed by atoms with van der Waals surface area (Å²) in [7, 11) is -4.02. The predicted molar refractivity (Wildman–Crippen MR) is 250 cm³/mol. The fraction of sp³-hybridized carbons (Fsp3) is 0.115. The Morgan fingerprint density at radius 3 is 1.25 bits per heavy atom. The van der Waals surface area contributed by atoms with Gasteiger partial charge in [0.15, 0.2) is 24.1 Å². The largest absolute Gasteiger partial charge is 0.462 e. The highest BCUT2D eigenvalue weighted by molar-refractivity contribution is 7.91. The molecule has 0 radical (unpaired) electrons. The molecule has 6 rings (SSSR count). The highest BCUT2D eigenvalue weighted by Crippen LogP contribution is 2.34. The van der Waals surface area contributed by atoms with Crippen LogP contribution >= 0.6 is 0 Å². The Kier molecular flexibility index (Phi) is 15.8. The minimum absolute atomic E-state index is 0.0123. The molecule has 0 saturated heterocycles. The zero-order chi connectivity index (χ0) is 48.1. The number of para-hydroxylation sites is 4. The molecule has 340 valence electrons. The lowest BCUT2D eigenvalue weighted by Crippen LogP contribution is -2.16. The molecule has 6 aromatic rings. The lowest BCUT2D eigenvalue weighted by atomic mass is 9.99. The number of hydrogen-bond acceptors (Lipinski definition) is 12. The normalized spacial score (nSPS) is 10.8. The van der Waals surface area contributed by atoms with Gasteiger partial charge in [0.2, 0.25) is 9.84 Å². The highest BCUT2D eigenvalue weighted by Gasteiger charge is 2.21. The van der Waals surface area contributed by atoms with Crippen molar-refractivity contribution in [3.63, 3.8) is 0 Å². The van der Waals surface area contributed by atoms with Gasteiger partial charge in [0.05, 0.1) is 45.5 Å². The van der Waals surface area contributed by atoms with E-state index >= 15 is 0 Å². The Labute approximate surface area is 386 Å². The number of ether oxygens (including phenoxy) is 4. The van der Waals surface area contributed by atoms with Crippen LogP contribution in [0.3, 0.4) is 0 Å². The number of benzene rings is 6. The van der Waals surface area contributed by atoms with Crippen LogP contribution in [0.15, 0.2) is 168 Å². The van der Waals surface area contributed by atoms with Gasteiger partial charge < -0.3 is 29.6 Å². The number of nitrogens with one attached hydrogen (secondary N) is 2. The van der Waals surface area contributed by atoms with Crippen molar-refractivity contribution >= 4 is 57.5 Å². The second kappa shape index (κ2) is 22.0. The smallest absolute Gasteiger partial charge is 0.333 e. The number of anilines is 2. The second-order valence-electron chi connectivity index (χ2n) is 14.9. The maximum absolute atomic E-state index is 13.7. The standard InChI is InChI=1S/C52H44N2O12S/c1-33(2)51(59)63-29-27-35-11-9-13-41(43(35)31-55)49(57)53-45-15-5-7-17-47(45)65-37-19-23-39(24-20-37)67(61,62)40-25-21-38(22-26-40)66-48-18-8-6-16-46(48)54-50(58)42-14-10-12-36(44(42)32-56)28-30-64-52(60)34(3)4/h5-26,31-32H,1,3,27-30H2,2,4H3,(H,53,57)(H,54,58). The van der Waals surface area contributed by atoms with Gasteiger partial charge in [-0.3, -0.25) is 19.2 Å². The van der Waals surface area contributed by atoms with Crippen molar-refractivity contribution in [2.24, 2.45) is 0 Å². The third-order valence-electron chi connectivity index (χ3n) is 10.0. The Bertz CT molecular complexity index is 2800. The fourth-order valence-corrected chi connectivity index (χ4v) is 7.81. The molecule has 2 N–H and O–H groups in total. The molecular weight excluding hydrogens is 877 g/mol. The number of aldehydes is 2. The molecule has 0 saturated carbocycles. The van der Waals surface area contributed by atoms with Gasteiger partial charge in [-0.25, -0.2) is 18.0 Å². The van der Waals surface area contributed by atoms with E-state index in [1.54, 1.807) is 72.8 Å². The molecule has 2 amide bonds. The third kappa shape index (κ3) is 12.0. The predicted octanol–water partition coefficient (Wildman–Crippen LogP) is 9.56. The summed E-state index contributed by atoms with van der Waals surface area (Å²) in [6.45, 7) is 10.1. The number of sulfone groups is 1. The number of amides is 2. The van der Waals surface area contributed by atoms with Crippen LogP contribution < -0.4 is 20.1 Å². The van der Waals surface area contributed by atoms with Crippen LogP contribution in [-0.2, 0) is 41.7 Å². The lowest BCUT2D eigenvalue weighted by Gasteiger charge is -2.15. The van der Waals surface area contributed by atoms with Crippen LogP contribution in [0.2, 0.25) is 0 Å². The molecule has 0 fully saturated rings. The van der Waals surface area contributed by atoms with Gasteiger partial charge >= 0.3 is 11.9 Å². The summed E-state index contributed by atoms with van der Waals surface area (Å²) < 4.78 is 49.8. The SMILES string of the molecule is C=C(C)C(=O)OCCc1cccc(C(=O)Nc2ccccc2Oc2ccc(S(=O)(=O)c3ccc(Oc4ccccc4NC(=O)c4cccc(CCOC(=O)C(=C)C)c4C=O)cc3)cc2)c1C=O. The van der Waals surface area contributed by atoms with E-state index in [-0.39, 0.29) is 104 Å². The molecule has 67 heavy (non-hydrogen) atoms. The van der Waals surface area contributed by atoms with Gasteiger partial charge in [-0.2, -0.15) is 0 Å². The zero-order valence-electron chi connectivity index (χ0n) is 36.4. The van der Waals surface area contributed by atoms with Gasteiger partial charge in [-0.05, 0) is 110 Å². The first kappa shape index (κ1) is 48.0. The van der Waals surface area contributed by atoms with Crippen molar-refractivity contribution < 1.29 is 56.1 Å². The van der Waals surface area contributed by atoms with Crippen LogP contribution in [0.1, 0.15) is 66.4 Å². The van der Waals surface area contributed by atoms with E-state index in [0.717, 1.165) is 0 Å². The molecule has 0 aliphatic heterocycles. The first-order valence-electron chi connectivity index (χ1n) is 20.6. The van der Waals surface area contributed by atoms with E-state index in [1.807, 2.05) is 0 Å². The van der Waals surface area contributed by atoms with Crippen LogP contribution in [0, 0.1) is 0 Å². The van der Waals surface area contributed by atoms with E-state index in [9.17, 15) is 37.2 Å². The first-order chi connectivity index (χ1) is 32.2. The maximum Gasteiger partial charge on any atom is 0.333 e. The Morgan fingerprint density at radius 1 is 0.522 bits per heavy atom. The van der Waals surface area contributed by atoms with Crippen molar-refractivity contribution in [2.75, 3.05) is 23.8 Å². The minimum Gasteiger partial charge on any atom is -0.462 e. The summed E-state index contributed by atoms with van der Waals surface area (Å²) in [6.07, 6.45) is 1.54. The summed E-state index contributed by atoms with van der Waals surface area (Å²) in [5.74, 6) is -1.26. The molecule has 15 heteroatoms. The molecule has 6 aromatic carbocycles. The Balaban J connectivity index is 1.10. The van der Waals surface area contributed by atoms with Crippen LogP contribution in [0.4, 0.5) is 11.4 Å². The molecule has 0 unspecified atom stereocenters. The number of hydrogen-bond donors (Lipinski definition) is 2. The van der Waals surface area contributed by atoms with Crippen molar-refractivity contribution in [1.82, 2.24) is 0 Å². The molecule has 0 heterocycles. The summed E-state index contributed by atoms with van der Waals surface area (Å²) in [4.78, 5) is 74.7. The van der Waals surface area contributed by atoms with Gasteiger partial charge in [-0.15, -0.1) is 0 Å². The van der Waals surface area contributed by atoms with E-state index < -0.39 is 33.6 Å². The van der Waals surface area contributed by atoms with Crippen LogP contribution in [0.25, 0.3) is 0 Å². The number of carbonyl (C=O) groups is 6. The molecule has 0 spiro atoms. The Morgan fingerprint density at radius 2 is 0.896 bits per heavy atom. The molecule has 0 atom stereocenters. The van der Waals surface area contributed by atoms with E-state index in [4.69, 9.17) is 18.9 Å². The summed E-state index contributed by atoms with van der Waals surface area (Å²) >= 11 is 0. The monoisotopic (exact) mass is 920 g/mol. The second-order valence-corrected chi connectivity index (χ2v) is 16.8.